The van der Waals surface area contributed by atoms with E-state index in [9.17, 15) is 19.5 Å². The van der Waals surface area contributed by atoms with Crippen LogP contribution in [0.2, 0.25) is 0 Å². The molecule has 0 aromatic heterocycles. The molecule has 0 fully saturated rings. The third-order valence-electron chi connectivity index (χ3n) is 17.3. The zero-order valence-corrected chi connectivity index (χ0v) is 66.6. The van der Waals surface area contributed by atoms with Crippen molar-refractivity contribution >= 4 is 17.9 Å². The molecule has 0 bridgehead atoms. The van der Waals surface area contributed by atoms with Crippen molar-refractivity contribution in [1.29, 1.82) is 0 Å². The van der Waals surface area contributed by atoms with Gasteiger partial charge < -0.3 is 33.3 Å². The van der Waals surface area contributed by atoms with Crippen LogP contribution < -0.4 is 5.11 Å². The molecule has 0 aromatic rings. The number of carboxylic acid groups (broad SMARTS) is 1. The number of likely N-dealkylation sites (N-methyl/N-ethyl adjacent to an activating group) is 1. The van der Waals surface area contributed by atoms with E-state index in [2.05, 4.69) is 208 Å². The van der Waals surface area contributed by atoms with E-state index >= 15 is 0 Å². The molecule has 2 unspecified atom stereocenters. The third-order valence-corrected chi connectivity index (χ3v) is 17.3. The standard InChI is InChI=1S/C94H153NO8/c1-6-8-10-12-14-16-18-20-22-24-26-28-30-32-34-36-38-40-42-44-45-46-47-49-51-53-55-57-59-61-63-65-67-69-71-73-75-77-79-81-83-85-92(97)103-90(89-102-94(93(98)99)100-87-86-95(3,4)5)88-101-91(96)84-82-80-78-76-74-72-70-68-66-64-62-60-58-56-54-52-50-48-43-41-39-37-35-33-31-29-27-25-23-21-19-17-15-13-11-9-7-2/h8-11,14-17,20-23,26-29,32-35,38-41,44-45,47-50,53,55,90,94H,6-7,12-13,18-19,24-25,30-31,36-37,42-43,46,51-52,54,56-89H2,1-5H3/b10-8-,11-9-,16-14-,17-15-,22-20-,23-21-,28-26-,29-27-,34-32-,35-33-,40-38-,41-39-,45-44-,49-47-,50-48-,55-53-. The Morgan fingerprint density at radius 3 is 0.777 bits per heavy atom. The first-order valence-corrected chi connectivity index (χ1v) is 41.6. The Bertz CT molecular complexity index is 2410. The van der Waals surface area contributed by atoms with E-state index in [1.165, 1.54) is 148 Å². The topological polar surface area (TPSA) is 111 Å². The Morgan fingerprint density at radius 2 is 0.524 bits per heavy atom. The zero-order chi connectivity index (χ0) is 74.6. The molecule has 0 aliphatic heterocycles. The van der Waals surface area contributed by atoms with Gasteiger partial charge in [-0.25, -0.2) is 0 Å². The highest BCUT2D eigenvalue weighted by Crippen LogP contribution is 2.18. The smallest absolute Gasteiger partial charge is 0.306 e. The van der Waals surface area contributed by atoms with Crippen LogP contribution in [0.1, 0.15) is 322 Å². The minimum Gasteiger partial charge on any atom is -0.545 e. The lowest BCUT2D eigenvalue weighted by Crippen LogP contribution is -2.44. The highest BCUT2D eigenvalue weighted by molar-refractivity contribution is 5.70. The number of allylic oxidation sites excluding steroid dienone is 32. The summed E-state index contributed by atoms with van der Waals surface area (Å²) in [5, 5.41) is 11.9. The van der Waals surface area contributed by atoms with Gasteiger partial charge in [0.25, 0.3) is 0 Å². The summed E-state index contributed by atoms with van der Waals surface area (Å²) in [4.78, 5) is 37.7. The van der Waals surface area contributed by atoms with Crippen LogP contribution in [0.5, 0.6) is 0 Å². The lowest BCUT2D eigenvalue weighted by atomic mass is 10.0. The van der Waals surface area contributed by atoms with Crippen LogP contribution in [0, 0.1) is 0 Å². The number of ether oxygens (including phenoxy) is 4. The molecule has 9 nitrogen and oxygen atoms in total. The van der Waals surface area contributed by atoms with Gasteiger partial charge in [0.1, 0.15) is 13.2 Å². The van der Waals surface area contributed by atoms with Gasteiger partial charge in [0.05, 0.1) is 40.3 Å². The molecule has 0 aliphatic carbocycles. The average Bonchev–Trinajstić information content (AvgIpc) is 1.01. The number of aliphatic carboxylic acids is 1. The van der Waals surface area contributed by atoms with Crippen molar-refractivity contribution in [3.05, 3.63) is 194 Å². The van der Waals surface area contributed by atoms with Gasteiger partial charge in [-0.05, 0) is 141 Å². The van der Waals surface area contributed by atoms with Gasteiger partial charge in [-0.15, -0.1) is 0 Å². The largest absolute Gasteiger partial charge is 0.545 e. The molecule has 582 valence electrons. The van der Waals surface area contributed by atoms with Crippen molar-refractivity contribution < 1.29 is 42.9 Å². The number of esters is 2. The number of carbonyl (C=O) groups is 3. The minimum atomic E-state index is -1.63. The number of carbonyl (C=O) groups excluding carboxylic acids is 3. The monoisotopic (exact) mass is 1420 g/mol. The second-order valence-corrected chi connectivity index (χ2v) is 28.3. The molecule has 0 spiro atoms. The van der Waals surface area contributed by atoms with E-state index in [4.69, 9.17) is 18.9 Å². The summed E-state index contributed by atoms with van der Waals surface area (Å²) >= 11 is 0. The summed E-state index contributed by atoms with van der Waals surface area (Å²) in [6.45, 7) is 4.53. The van der Waals surface area contributed by atoms with Crippen LogP contribution >= 0.6 is 0 Å². The maximum Gasteiger partial charge on any atom is 0.306 e. The number of hydrogen-bond donors (Lipinski definition) is 0. The number of hydrogen-bond acceptors (Lipinski definition) is 8. The lowest BCUT2D eigenvalue weighted by molar-refractivity contribution is -0.870. The van der Waals surface area contributed by atoms with E-state index in [1.807, 2.05) is 21.1 Å². The summed E-state index contributed by atoms with van der Waals surface area (Å²) in [6.07, 6.45) is 123. The van der Waals surface area contributed by atoms with Crippen LogP contribution in [0.15, 0.2) is 194 Å². The number of nitrogens with zero attached hydrogens (tertiary/aromatic N) is 1. The van der Waals surface area contributed by atoms with Gasteiger partial charge in [-0.1, -0.05) is 362 Å². The van der Waals surface area contributed by atoms with Crippen molar-refractivity contribution in [3.63, 3.8) is 0 Å². The Labute approximate surface area is 633 Å². The SMILES string of the molecule is CC/C=C\C/C=C\C/C=C\C/C=C\C/C=C\C/C=C\C/C=C\C/C=C\C/C=C\CCCCCCCCCCCCCCCC(=O)OC(COC(=O)CCCCCCCCCCCCCCCCC/C=C\C/C=C\C/C=C\C/C=C\C/C=C\C/C=C\C/C=C\CC)COC(OCC[N+](C)(C)C)C(=O)[O-]. The Kier molecular flexibility index (Phi) is 77.1. The zero-order valence-electron chi connectivity index (χ0n) is 66.6. The Balaban J connectivity index is 4.07. The fourth-order valence-corrected chi connectivity index (χ4v) is 11.1. The van der Waals surface area contributed by atoms with Gasteiger partial charge >= 0.3 is 11.9 Å². The van der Waals surface area contributed by atoms with Crippen molar-refractivity contribution in [3.8, 4) is 0 Å². The van der Waals surface area contributed by atoms with Crippen LogP contribution in [0.25, 0.3) is 0 Å². The number of unbranched alkanes of at least 4 members (excludes halogenated alkanes) is 28. The van der Waals surface area contributed by atoms with Gasteiger partial charge in [0.15, 0.2) is 12.4 Å². The predicted octanol–water partition coefficient (Wildman–Crippen LogP) is 25.9. The number of quaternary nitrogens is 1. The predicted molar refractivity (Wildman–Crippen MR) is 444 cm³/mol. The molecular weight excluding hydrogens is 1270 g/mol. The van der Waals surface area contributed by atoms with Crippen molar-refractivity contribution in [1.82, 2.24) is 0 Å². The van der Waals surface area contributed by atoms with Gasteiger partial charge in [-0.3, -0.25) is 9.59 Å². The van der Waals surface area contributed by atoms with Crippen molar-refractivity contribution in [2.75, 3.05) is 47.5 Å². The molecule has 0 amide bonds. The Hall–Kier alpha value is -5.87. The second-order valence-electron chi connectivity index (χ2n) is 28.3. The van der Waals surface area contributed by atoms with Crippen molar-refractivity contribution in [2.24, 2.45) is 0 Å². The first-order valence-electron chi connectivity index (χ1n) is 41.6. The molecule has 0 radical (unpaired) electrons. The second kappa shape index (κ2) is 81.8. The molecule has 0 heterocycles. The summed E-state index contributed by atoms with van der Waals surface area (Å²) in [6, 6.07) is 0. The molecule has 0 N–H and O–H groups in total. The summed E-state index contributed by atoms with van der Waals surface area (Å²) in [5.74, 6) is -2.29. The van der Waals surface area contributed by atoms with Crippen LogP contribution in [0.4, 0.5) is 0 Å². The fraction of sp³-hybridized carbons (Fsp3) is 0.628. The molecule has 0 saturated heterocycles. The average molecular weight is 1430 g/mol. The van der Waals surface area contributed by atoms with Crippen LogP contribution in [-0.4, -0.2) is 82.3 Å². The molecule has 103 heavy (non-hydrogen) atoms. The highest BCUT2D eigenvalue weighted by Gasteiger charge is 2.22. The van der Waals surface area contributed by atoms with Gasteiger partial charge in [-0.2, -0.15) is 0 Å². The first kappa shape index (κ1) is 97.1. The molecule has 0 aromatic carbocycles. The molecular formula is C94H153NO8. The van der Waals surface area contributed by atoms with E-state index in [0.717, 1.165) is 141 Å². The number of rotatable bonds is 75. The molecule has 0 aliphatic rings. The van der Waals surface area contributed by atoms with Crippen molar-refractivity contribution in [2.45, 2.75) is 334 Å². The lowest BCUT2D eigenvalue weighted by Gasteiger charge is -2.26. The summed E-state index contributed by atoms with van der Waals surface area (Å²) in [7, 11) is 5.93. The minimum absolute atomic E-state index is 0.140. The van der Waals surface area contributed by atoms with E-state index in [-0.39, 0.29) is 38.6 Å². The normalized spacial score (nSPS) is 13.7. The molecule has 2 atom stereocenters. The van der Waals surface area contributed by atoms with Crippen LogP contribution in [-0.2, 0) is 33.3 Å². The maximum absolute atomic E-state index is 13.0. The summed E-state index contributed by atoms with van der Waals surface area (Å²) < 4.78 is 22.9. The maximum atomic E-state index is 13.0. The molecule has 0 rings (SSSR count). The highest BCUT2D eigenvalue weighted by atomic mass is 16.7. The molecule has 9 heteroatoms. The van der Waals surface area contributed by atoms with Gasteiger partial charge in [0.2, 0.25) is 0 Å². The first-order chi connectivity index (χ1) is 50.6. The number of carboxylic acids is 1. The van der Waals surface area contributed by atoms with E-state index in [1.54, 1.807) is 0 Å². The van der Waals surface area contributed by atoms with Gasteiger partial charge in [0, 0.05) is 12.8 Å². The Morgan fingerprint density at radius 1 is 0.291 bits per heavy atom. The van der Waals surface area contributed by atoms with Crippen LogP contribution in [0.3, 0.4) is 0 Å². The third kappa shape index (κ3) is 83.3. The summed E-state index contributed by atoms with van der Waals surface area (Å²) in [5.41, 5.74) is 0. The van der Waals surface area contributed by atoms with E-state index in [0.29, 0.717) is 17.4 Å². The van der Waals surface area contributed by atoms with E-state index < -0.39 is 24.3 Å². The fourth-order valence-electron chi connectivity index (χ4n) is 11.1. The molecule has 0 saturated carbocycles. The quantitative estimate of drug-likeness (QED) is 0.0195.